The normalized spacial score (nSPS) is 18.4. The summed E-state index contributed by atoms with van der Waals surface area (Å²) in [5.74, 6) is 3.02. The molecular formula is C16H20N8S. The highest BCUT2D eigenvalue weighted by molar-refractivity contribution is 7.13. The minimum atomic E-state index is 0.332. The average molecular weight is 356 g/mol. The van der Waals surface area contributed by atoms with E-state index in [4.69, 9.17) is 4.98 Å². The largest absolute Gasteiger partial charge is 0.348 e. The smallest absolute Gasteiger partial charge is 0.210 e. The van der Waals surface area contributed by atoms with E-state index >= 15 is 0 Å². The molecule has 1 saturated heterocycles. The Hall–Kier alpha value is -2.39. The van der Waals surface area contributed by atoms with E-state index in [1.165, 1.54) is 11.3 Å². The van der Waals surface area contributed by atoms with Crippen molar-refractivity contribution in [3.05, 3.63) is 41.3 Å². The molecule has 2 N–H and O–H groups in total. The van der Waals surface area contributed by atoms with Gasteiger partial charge in [0.15, 0.2) is 0 Å². The highest BCUT2D eigenvalue weighted by atomic mass is 32.1. The molecule has 9 heteroatoms. The quantitative estimate of drug-likeness (QED) is 0.725. The Morgan fingerprint density at radius 3 is 3.16 bits per heavy atom. The Kier molecular flexibility index (Phi) is 4.66. The summed E-state index contributed by atoms with van der Waals surface area (Å²) in [4.78, 5) is 19.3. The first-order valence-corrected chi connectivity index (χ1v) is 9.23. The summed E-state index contributed by atoms with van der Waals surface area (Å²) in [6.07, 6.45) is 5.91. The molecule has 0 saturated carbocycles. The van der Waals surface area contributed by atoms with E-state index < -0.39 is 0 Å². The highest BCUT2D eigenvalue weighted by Gasteiger charge is 2.24. The number of rotatable bonds is 5. The molecule has 0 amide bonds. The number of likely N-dealkylation sites (tertiary alicyclic amines) is 1. The number of hydrogen-bond donors (Lipinski definition) is 2. The van der Waals surface area contributed by atoms with Crippen molar-refractivity contribution in [2.75, 3.05) is 18.4 Å². The van der Waals surface area contributed by atoms with Gasteiger partial charge in [0.2, 0.25) is 5.13 Å². The zero-order valence-electron chi connectivity index (χ0n) is 14.0. The number of aromatic amines is 1. The van der Waals surface area contributed by atoms with Gasteiger partial charge in [0.1, 0.15) is 23.0 Å². The molecule has 0 aromatic carbocycles. The third-order valence-corrected chi connectivity index (χ3v) is 4.87. The van der Waals surface area contributed by atoms with Crippen LogP contribution in [0.4, 0.5) is 10.9 Å². The fraction of sp³-hybridized carbons (Fsp3) is 0.438. The first kappa shape index (κ1) is 16.1. The maximum atomic E-state index is 4.73. The first-order valence-electron chi connectivity index (χ1n) is 8.35. The van der Waals surface area contributed by atoms with Gasteiger partial charge in [-0.3, -0.25) is 4.90 Å². The average Bonchev–Trinajstić information content (AvgIpc) is 3.29. The maximum Gasteiger partial charge on any atom is 0.210 e. The number of piperidine rings is 1. The standard InChI is InChI=1S/C16H20N8S/c1-11-7-13(22-16-23-19-10-25-16)21-15(20-11)12-3-2-6-24(8-12)9-14-17-4-5-18-14/h4-5,7,10,12H,2-3,6,8-9H2,1H3,(H,17,18)(H,20,21,22,23)/t12-/m0/s1. The molecule has 0 bridgehead atoms. The molecule has 0 aliphatic carbocycles. The Morgan fingerprint density at radius 1 is 1.40 bits per heavy atom. The molecule has 1 fully saturated rings. The zero-order chi connectivity index (χ0) is 17.1. The molecule has 4 rings (SSSR count). The van der Waals surface area contributed by atoms with Crippen LogP contribution in [0.2, 0.25) is 0 Å². The third kappa shape index (κ3) is 3.99. The third-order valence-electron chi connectivity index (χ3n) is 4.27. The molecule has 3 aromatic heterocycles. The number of aryl methyl sites for hydroxylation is 1. The highest BCUT2D eigenvalue weighted by Crippen LogP contribution is 2.27. The molecule has 1 aliphatic rings. The summed E-state index contributed by atoms with van der Waals surface area (Å²) in [6.45, 7) is 4.87. The van der Waals surface area contributed by atoms with Crippen LogP contribution in [0, 0.1) is 6.92 Å². The monoisotopic (exact) mass is 356 g/mol. The number of H-pyrrole nitrogens is 1. The minimum Gasteiger partial charge on any atom is -0.348 e. The van der Waals surface area contributed by atoms with Gasteiger partial charge in [0, 0.05) is 36.6 Å². The lowest BCUT2D eigenvalue weighted by molar-refractivity contribution is 0.192. The van der Waals surface area contributed by atoms with E-state index in [1.54, 1.807) is 11.7 Å². The van der Waals surface area contributed by atoms with Gasteiger partial charge in [0.05, 0.1) is 6.54 Å². The predicted molar refractivity (Wildman–Crippen MR) is 95.8 cm³/mol. The summed E-state index contributed by atoms with van der Waals surface area (Å²) in [5.41, 5.74) is 2.66. The van der Waals surface area contributed by atoms with E-state index in [9.17, 15) is 0 Å². The van der Waals surface area contributed by atoms with Gasteiger partial charge < -0.3 is 10.3 Å². The lowest BCUT2D eigenvalue weighted by Crippen LogP contribution is -2.35. The number of hydrogen-bond acceptors (Lipinski definition) is 8. The number of nitrogens with one attached hydrogen (secondary N) is 2. The van der Waals surface area contributed by atoms with E-state index in [2.05, 4.69) is 35.4 Å². The van der Waals surface area contributed by atoms with E-state index in [1.807, 2.05) is 19.2 Å². The molecule has 8 nitrogen and oxygen atoms in total. The van der Waals surface area contributed by atoms with Crippen LogP contribution >= 0.6 is 11.3 Å². The molecule has 4 heterocycles. The van der Waals surface area contributed by atoms with Crippen molar-refractivity contribution in [1.82, 2.24) is 35.0 Å². The Bertz CT molecular complexity index is 802. The SMILES string of the molecule is Cc1cc(Nc2nncs2)nc([C@H]2CCCN(Cc3ncc[nH]3)C2)n1. The van der Waals surface area contributed by atoms with Crippen molar-refractivity contribution in [3.8, 4) is 0 Å². The van der Waals surface area contributed by atoms with Gasteiger partial charge in [-0.15, -0.1) is 10.2 Å². The van der Waals surface area contributed by atoms with Crippen molar-refractivity contribution in [1.29, 1.82) is 0 Å². The van der Waals surface area contributed by atoms with Crippen LogP contribution in [0.15, 0.2) is 24.0 Å². The van der Waals surface area contributed by atoms with E-state index in [0.29, 0.717) is 5.92 Å². The lowest BCUT2D eigenvalue weighted by atomic mass is 9.97. The van der Waals surface area contributed by atoms with Crippen molar-refractivity contribution in [2.45, 2.75) is 32.2 Å². The number of nitrogens with zero attached hydrogens (tertiary/aromatic N) is 6. The van der Waals surface area contributed by atoms with Crippen LogP contribution in [-0.4, -0.2) is 48.1 Å². The second kappa shape index (κ2) is 7.24. The van der Waals surface area contributed by atoms with Gasteiger partial charge in [-0.25, -0.2) is 15.0 Å². The van der Waals surface area contributed by atoms with E-state index in [-0.39, 0.29) is 0 Å². The number of anilines is 2. The minimum absolute atomic E-state index is 0.332. The van der Waals surface area contributed by atoms with Crippen molar-refractivity contribution in [3.63, 3.8) is 0 Å². The molecule has 130 valence electrons. The van der Waals surface area contributed by atoms with Gasteiger partial charge in [0.25, 0.3) is 0 Å². The topological polar surface area (TPSA) is 95.5 Å². The Morgan fingerprint density at radius 2 is 2.36 bits per heavy atom. The number of imidazole rings is 1. The zero-order valence-corrected chi connectivity index (χ0v) is 14.8. The molecule has 3 aromatic rings. The molecule has 0 spiro atoms. The molecule has 25 heavy (non-hydrogen) atoms. The summed E-state index contributed by atoms with van der Waals surface area (Å²) >= 11 is 1.46. The number of aromatic nitrogens is 6. The second-order valence-corrected chi connectivity index (χ2v) is 7.07. The van der Waals surface area contributed by atoms with Crippen molar-refractivity contribution >= 4 is 22.3 Å². The van der Waals surface area contributed by atoms with Gasteiger partial charge >= 0.3 is 0 Å². The van der Waals surface area contributed by atoms with Crippen LogP contribution in [0.5, 0.6) is 0 Å². The molecular weight excluding hydrogens is 336 g/mol. The molecule has 0 radical (unpaired) electrons. The van der Waals surface area contributed by atoms with Gasteiger partial charge in [-0.2, -0.15) is 0 Å². The van der Waals surface area contributed by atoms with Crippen LogP contribution < -0.4 is 5.32 Å². The predicted octanol–water partition coefficient (Wildman–Crippen LogP) is 2.48. The van der Waals surface area contributed by atoms with Crippen molar-refractivity contribution < 1.29 is 0 Å². The van der Waals surface area contributed by atoms with Crippen LogP contribution in [-0.2, 0) is 6.54 Å². The van der Waals surface area contributed by atoms with Crippen LogP contribution in [0.1, 0.15) is 36.1 Å². The summed E-state index contributed by atoms with van der Waals surface area (Å²) in [6, 6.07) is 1.94. The summed E-state index contributed by atoms with van der Waals surface area (Å²) < 4.78 is 0. The second-order valence-electron chi connectivity index (χ2n) is 6.23. The Labute approximate surface area is 149 Å². The van der Waals surface area contributed by atoms with Crippen molar-refractivity contribution in [2.24, 2.45) is 0 Å². The summed E-state index contributed by atoms with van der Waals surface area (Å²) in [7, 11) is 0. The molecule has 1 aliphatic heterocycles. The Balaban J connectivity index is 1.49. The van der Waals surface area contributed by atoms with Gasteiger partial charge in [-0.1, -0.05) is 11.3 Å². The van der Waals surface area contributed by atoms with E-state index in [0.717, 1.165) is 60.8 Å². The molecule has 1 atom stereocenters. The fourth-order valence-corrected chi connectivity index (χ4v) is 3.63. The fourth-order valence-electron chi connectivity index (χ4n) is 3.18. The maximum absolute atomic E-state index is 4.73. The lowest BCUT2D eigenvalue weighted by Gasteiger charge is -2.31. The molecule has 0 unspecified atom stereocenters. The van der Waals surface area contributed by atoms with Gasteiger partial charge in [-0.05, 0) is 26.3 Å². The first-order chi connectivity index (χ1) is 12.3. The van der Waals surface area contributed by atoms with Crippen LogP contribution in [0.25, 0.3) is 0 Å². The van der Waals surface area contributed by atoms with Crippen LogP contribution in [0.3, 0.4) is 0 Å². The summed E-state index contributed by atoms with van der Waals surface area (Å²) in [5, 5.41) is 11.8.